The van der Waals surface area contributed by atoms with E-state index in [1.54, 1.807) is 6.07 Å². The Bertz CT molecular complexity index is 422. The molecule has 2 amide bonds. The standard InChI is InChI=1S/C11H15N3O3/c15-6-9(16)5-12-8-2-1-7-4-13-11(17)14-10(7)3-8/h1-3,9,12,15-16H,4-6H2,(H2,13,14,17). The lowest BCUT2D eigenvalue weighted by Gasteiger charge is -2.19. The molecule has 0 saturated carbocycles. The van der Waals surface area contributed by atoms with Gasteiger partial charge in [0.1, 0.15) is 0 Å². The normalized spacial score (nSPS) is 15.5. The first-order valence-corrected chi connectivity index (χ1v) is 5.39. The van der Waals surface area contributed by atoms with Crippen molar-refractivity contribution >= 4 is 17.4 Å². The van der Waals surface area contributed by atoms with Gasteiger partial charge in [0.2, 0.25) is 0 Å². The first kappa shape index (κ1) is 11.7. The molecular formula is C11H15N3O3. The number of carbonyl (C=O) groups excluding carboxylic acids is 1. The number of rotatable bonds is 4. The molecule has 1 unspecified atom stereocenters. The van der Waals surface area contributed by atoms with Crippen LogP contribution in [0.4, 0.5) is 16.2 Å². The van der Waals surface area contributed by atoms with Gasteiger partial charge in [-0.3, -0.25) is 0 Å². The fraction of sp³-hybridized carbons (Fsp3) is 0.364. The Kier molecular flexibility index (Phi) is 3.46. The minimum absolute atomic E-state index is 0.218. The van der Waals surface area contributed by atoms with Crippen molar-refractivity contribution in [2.24, 2.45) is 0 Å². The molecule has 1 aromatic rings. The van der Waals surface area contributed by atoms with E-state index in [0.717, 1.165) is 16.9 Å². The predicted octanol–water partition coefficient (Wildman–Crippen LogP) is 0.0868. The smallest absolute Gasteiger partial charge is 0.319 e. The highest BCUT2D eigenvalue weighted by atomic mass is 16.3. The minimum atomic E-state index is -0.790. The molecule has 0 aromatic heterocycles. The number of anilines is 2. The van der Waals surface area contributed by atoms with Crippen LogP contribution < -0.4 is 16.0 Å². The van der Waals surface area contributed by atoms with Crippen molar-refractivity contribution < 1.29 is 15.0 Å². The van der Waals surface area contributed by atoms with E-state index in [9.17, 15) is 9.90 Å². The van der Waals surface area contributed by atoms with Crippen LogP contribution in [0.3, 0.4) is 0 Å². The number of hydrogen-bond acceptors (Lipinski definition) is 4. The third-order valence-electron chi connectivity index (χ3n) is 2.55. The van der Waals surface area contributed by atoms with Crippen molar-refractivity contribution in [3.8, 4) is 0 Å². The molecule has 6 heteroatoms. The van der Waals surface area contributed by atoms with E-state index in [0.29, 0.717) is 6.54 Å². The second-order valence-corrected chi connectivity index (χ2v) is 3.90. The van der Waals surface area contributed by atoms with E-state index >= 15 is 0 Å². The summed E-state index contributed by atoms with van der Waals surface area (Å²) in [4.78, 5) is 11.1. The number of benzene rings is 1. The van der Waals surface area contributed by atoms with E-state index in [2.05, 4.69) is 16.0 Å². The fourth-order valence-electron chi connectivity index (χ4n) is 1.60. The Balaban J connectivity index is 2.05. The predicted molar refractivity (Wildman–Crippen MR) is 63.9 cm³/mol. The van der Waals surface area contributed by atoms with Crippen LogP contribution in [0.5, 0.6) is 0 Å². The van der Waals surface area contributed by atoms with Gasteiger partial charge < -0.3 is 26.2 Å². The second kappa shape index (κ2) is 5.03. The number of fused-ring (bicyclic) bond motifs is 1. The zero-order valence-corrected chi connectivity index (χ0v) is 9.23. The van der Waals surface area contributed by atoms with E-state index < -0.39 is 6.10 Å². The first-order valence-electron chi connectivity index (χ1n) is 5.39. The van der Waals surface area contributed by atoms with Gasteiger partial charge in [-0.25, -0.2) is 4.79 Å². The van der Waals surface area contributed by atoms with Crippen LogP contribution in [0.1, 0.15) is 5.56 Å². The zero-order chi connectivity index (χ0) is 12.3. The molecule has 1 aromatic carbocycles. The molecule has 5 N–H and O–H groups in total. The van der Waals surface area contributed by atoms with Crippen molar-refractivity contribution in [1.29, 1.82) is 0 Å². The maximum atomic E-state index is 11.1. The summed E-state index contributed by atoms with van der Waals surface area (Å²) in [5.74, 6) is 0. The van der Waals surface area contributed by atoms with Crippen molar-refractivity contribution in [1.82, 2.24) is 5.32 Å². The van der Waals surface area contributed by atoms with E-state index in [-0.39, 0.29) is 19.2 Å². The molecule has 0 saturated heterocycles. The SMILES string of the molecule is O=C1NCc2ccc(NCC(O)CO)cc2N1. The van der Waals surface area contributed by atoms with Crippen LogP contribution in [0.25, 0.3) is 0 Å². The number of nitrogens with one attached hydrogen (secondary N) is 3. The highest BCUT2D eigenvalue weighted by molar-refractivity contribution is 5.92. The summed E-state index contributed by atoms with van der Waals surface area (Å²) in [6.07, 6.45) is -0.790. The van der Waals surface area contributed by atoms with Crippen molar-refractivity contribution in [2.75, 3.05) is 23.8 Å². The molecule has 17 heavy (non-hydrogen) atoms. The van der Waals surface area contributed by atoms with Gasteiger partial charge in [0.05, 0.1) is 12.7 Å². The van der Waals surface area contributed by atoms with Gasteiger partial charge in [0.15, 0.2) is 0 Å². The Morgan fingerprint density at radius 1 is 1.47 bits per heavy atom. The quantitative estimate of drug-likeness (QED) is 0.513. The largest absolute Gasteiger partial charge is 0.394 e. The molecule has 1 heterocycles. The zero-order valence-electron chi connectivity index (χ0n) is 9.23. The molecule has 2 rings (SSSR count). The van der Waals surface area contributed by atoms with Crippen LogP contribution in [0.2, 0.25) is 0 Å². The Hall–Kier alpha value is -1.79. The number of amides is 2. The second-order valence-electron chi connectivity index (χ2n) is 3.90. The number of aliphatic hydroxyl groups excluding tert-OH is 2. The van der Waals surface area contributed by atoms with Gasteiger partial charge in [0, 0.05) is 24.5 Å². The van der Waals surface area contributed by atoms with E-state index in [1.807, 2.05) is 12.1 Å². The Labute approximate surface area is 98.6 Å². The van der Waals surface area contributed by atoms with Crippen LogP contribution in [-0.2, 0) is 6.54 Å². The number of carbonyl (C=O) groups is 1. The summed E-state index contributed by atoms with van der Waals surface area (Å²) >= 11 is 0. The van der Waals surface area contributed by atoms with E-state index in [1.165, 1.54) is 0 Å². The van der Waals surface area contributed by atoms with E-state index in [4.69, 9.17) is 5.11 Å². The Morgan fingerprint density at radius 2 is 2.29 bits per heavy atom. The van der Waals surface area contributed by atoms with Crippen LogP contribution in [-0.4, -0.2) is 35.5 Å². The molecule has 1 atom stereocenters. The topological polar surface area (TPSA) is 93.6 Å². The molecular weight excluding hydrogens is 222 g/mol. The summed E-state index contributed by atoms with van der Waals surface area (Å²) in [5.41, 5.74) is 2.56. The van der Waals surface area contributed by atoms with Crippen molar-refractivity contribution in [3.05, 3.63) is 23.8 Å². The molecule has 92 valence electrons. The average molecular weight is 237 g/mol. The lowest BCUT2D eigenvalue weighted by atomic mass is 10.1. The monoisotopic (exact) mass is 237 g/mol. The van der Waals surface area contributed by atoms with Gasteiger partial charge in [-0.05, 0) is 17.7 Å². The minimum Gasteiger partial charge on any atom is -0.394 e. The summed E-state index contributed by atoms with van der Waals surface area (Å²) in [7, 11) is 0. The molecule has 0 fully saturated rings. The number of aliphatic hydroxyl groups is 2. The number of hydrogen-bond donors (Lipinski definition) is 5. The van der Waals surface area contributed by atoms with Crippen LogP contribution in [0, 0.1) is 0 Å². The van der Waals surface area contributed by atoms with Gasteiger partial charge in [0.25, 0.3) is 0 Å². The third kappa shape index (κ3) is 2.86. The highest BCUT2D eigenvalue weighted by Gasteiger charge is 2.13. The summed E-state index contributed by atoms with van der Waals surface area (Å²) in [5, 5.41) is 26.2. The summed E-state index contributed by atoms with van der Waals surface area (Å²) in [6.45, 7) is 0.501. The van der Waals surface area contributed by atoms with Gasteiger partial charge in [-0.2, -0.15) is 0 Å². The van der Waals surface area contributed by atoms with Gasteiger partial charge >= 0.3 is 6.03 Å². The third-order valence-corrected chi connectivity index (χ3v) is 2.55. The van der Waals surface area contributed by atoms with Crippen LogP contribution in [0.15, 0.2) is 18.2 Å². The summed E-state index contributed by atoms with van der Waals surface area (Å²) in [6, 6.07) is 5.35. The number of urea groups is 1. The highest BCUT2D eigenvalue weighted by Crippen LogP contribution is 2.23. The molecule has 0 spiro atoms. The molecule has 1 aliphatic rings. The molecule has 0 radical (unpaired) electrons. The van der Waals surface area contributed by atoms with Crippen molar-refractivity contribution in [3.63, 3.8) is 0 Å². The maximum Gasteiger partial charge on any atom is 0.319 e. The lowest BCUT2D eigenvalue weighted by molar-refractivity contribution is 0.105. The van der Waals surface area contributed by atoms with Crippen LogP contribution >= 0.6 is 0 Å². The van der Waals surface area contributed by atoms with Gasteiger partial charge in [-0.15, -0.1) is 0 Å². The molecule has 0 bridgehead atoms. The first-order chi connectivity index (χ1) is 8.19. The fourth-order valence-corrected chi connectivity index (χ4v) is 1.60. The summed E-state index contributed by atoms with van der Waals surface area (Å²) < 4.78 is 0. The van der Waals surface area contributed by atoms with Crippen molar-refractivity contribution in [2.45, 2.75) is 12.6 Å². The molecule has 0 aliphatic carbocycles. The molecule has 6 nitrogen and oxygen atoms in total. The Morgan fingerprint density at radius 3 is 3.06 bits per heavy atom. The maximum absolute atomic E-state index is 11.1. The van der Waals surface area contributed by atoms with Gasteiger partial charge in [-0.1, -0.05) is 6.07 Å². The average Bonchev–Trinajstić information content (AvgIpc) is 2.35. The lowest BCUT2D eigenvalue weighted by Crippen LogP contribution is -2.33. The molecule has 1 aliphatic heterocycles.